The van der Waals surface area contributed by atoms with E-state index in [1.165, 1.54) is 66.6 Å². The maximum absolute atomic E-state index is 6.51. The average molecular weight is 309 g/mol. The molecule has 5 unspecified atom stereocenters. The highest BCUT2D eigenvalue weighted by Gasteiger charge is 2.49. The number of fused-ring (bicyclic) bond motifs is 4. The number of rotatable bonds is 1. The fourth-order valence-corrected chi connectivity index (χ4v) is 5.79. The molecule has 1 saturated carbocycles. The number of aryl methyl sites for hydroxylation is 2. The molecule has 2 heteroatoms. The van der Waals surface area contributed by atoms with Gasteiger partial charge in [0.25, 0.3) is 0 Å². The van der Waals surface area contributed by atoms with Gasteiger partial charge in [0, 0.05) is 36.0 Å². The maximum Gasteiger partial charge on any atom is 0.134 e. The van der Waals surface area contributed by atoms with Crippen LogP contribution in [0.1, 0.15) is 54.6 Å². The van der Waals surface area contributed by atoms with Gasteiger partial charge in [-0.1, -0.05) is 13.3 Å². The summed E-state index contributed by atoms with van der Waals surface area (Å²) in [6.07, 6.45) is 5.29. The number of hydrogen-bond acceptors (Lipinski definition) is 2. The van der Waals surface area contributed by atoms with Crippen LogP contribution in [0.5, 0.6) is 0 Å². The van der Waals surface area contributed by atoms with Crippen LogP contribution in [0, 0.1) is 25.7 Å². The lowest BCUT2D eigenvalue weighted by molar-refractivity contribution is -0.0169. The third-order valence-electron chi connectivity index (χ3n) is 6.98. The van der Waals surface area contributed by atoms with Crippen LogP contribution in [0.15, 0.2) is 16.5 Å². The van der Waals surface area contributed by atoms with Gasteiger partial charge in [-0.3, -0.25) is 4.90 Å². The zero-order chi connectivity index (χ0) is 15.7. The van der Waals surface area contributed by atoms with Crippen molar-refractivity contribution in [3.8, 4) is 0 Å². The summed E-state index contributed by atoms with van der Waals surface area (Å²) in [5, 5.41) is 1.39. The number of benzene rings is 1. The quantitative estimate of drug-likeness (QED) is 0.751. The molecule has 0 amide bonds. The third-order valence-corrected chi connectivity index (χ3v) is 6.98. The van der Waals surface area contributed by atoms with Crippen LogP contribution in [0.4, 0.5) is 0 Å². The lowest BCUT2D eigenvalue weighted by Crippen LogP contribution is -2.56. The third kappa shape index (κ3) is 1.91. The Balaban J connectivity index is 1.69. The van der Waals surface area contributed by atoms with Crippen LogP contribution in [0.25, 0.3) is 11.0 Å². The number of nitrogens with zero attached hydrogens (tertiary/aromatic N) is 1. The normalized spacial score (nSPS) is 35.3. The molecule has 2 nitrogen and oxygen atoms in total. The largest absolute Gasteiger partial charge is 0.460 e. The van der Waals surface area contributed by atoms with Crippen molar-refractivity contribution in [2.45, 2.75) is 58.4 Å². The molecule has 0 radical (unpaired) electrons. The highest BCUT2D eigenvalue weighted by atomic mass is 16.3. The number of hydrogen-bond donors (Lipinski definition) is 0. The van der Waals surface area contributed by atoms with Gasteiger partial charge in [0.2, 0.25) is 0 Å². The van der Waals surface area contributed by atoms with Gasteiger partial charge in [-0.15, -0.1) is 0 Å². The highest BCUT2D eigenvalue weighted by Crippen LogP contribution is 2.51. The summed E-state index contributed by atoms with van der Waals surface area (Å²) >= 11 is 0. The molecule has 4 bridgehead atoms. The van der Waals surface area contributed by atoms with E-state index >= 15 is 0 Å². The minimum Gasteiger partial charge on any atom is -0.460 e. The fraction of sp³-hybridized carbons (Fsp3) is 0.619. The molecule has 3 aliphatic heterocycles. The van der Waals surface area contributed by atoms with Gasteiger partial charge < -0.3 is 4.42 Å². The summed E-state index contributed by atoms with van der Waals surface area (Å²) in [7, 11) is 0. The molecule has 2 aromatic rings. The van der Waals surface area contributed by atoms with Gasteiger partial charge in [-0.05, 0) is 68.2 Å². The molecule has 0 spiro atoms. The van der Waals surface area contributed by atoms with Gasteiger partial charge in [-0.2, -0.15) is 0 Å². The first-order chi connectivity index (χ1) is 11.2. The molecular weight excluding hydrogens is 282 g/mol. The van der Waals surface area contributed by atoms with Gasteiger partial charge in [0.05, 0.1) is 0 Å². The van der Waals surface area contributed by atoms with E-state index in [1.54, 1.807) is 0 Å². The summed E-state index contributed by atoms with van der Waals surface area (Å²) in [5.74, 6) is 3.74. The molecule has 5 atom stereocenters. The summed E-state index contributed by atoms with van der Waals surface area (Å²) in [4.78, 5) is 2.80. The maximum atomic E-state index is 6.51. The van der Waals surface area contributed by atoms with Crippen molar-refractivity contribution in [3.63, 3.8) is 0 Å². The predicted octanol–water partition coefficient (Wildman–Crippen LogP) is 4.81. The summed E-state index contributed by atoms with van der Waals surface area (Å²) in [5.41, 5.74) is 5.39. The average Bonchev–Trinajstić information content (AvgIpc) is 2.85. The molecular formula is C21H27NO. The second-order valence-corrected chi connectivity index (χ2v) is 8.23. The summed E-state index contributed by atoms with van der Waals surface area (Å²) < 4.78 is 6.51. The molecule has 0 N–H and O–H groups in total. The van der Waals surface area contributed by atoms with E-state index < -0.39 is 0 Å². The summed E-state index contributed by atoms with van der Waals surface area (Å²) in [6.45, 7) is 9.35. The van der Waals surface area contributed by atoms with Gasteiger partial charge in [0.15, 0.2) is 0 Å². The molecule has 6 rings (SSSR count). The molecule has 2 saturated heterocycles. The second kappa shape index (κ2) is 4.86. The Morgan fingerprint density at radius 1 is 1.17 bits per heavy atom. The van der Waals surface area contributed by atoms with E-state index in [9.17, 15) is 0 Å². The SMILES string of the molecule is CCC1CC2CC3c4oc5cc(C)c(C)cc5c4CCN(C2)C13. The van der Waals surface area contributed by atoms with E-state index in [0.29, 0.717) is 5.92 Å². The first-order valence-corrected chi connectivity index (χ1v) is 9.42. The van der Waals surface area contributed by atoms with Crippen molar-refractivity contribution in [2.24, 2.45) is 11.8 Å². The van der Waals surface area contributed by atoms with Gasteiger partial charge in [0.1, 0.15) is 11.3 Å². The molecule has 4 heterocycles. The van der Waals surface area contributed by atoms with Crippen molar-refractivity contribution in [2.75, 3.05) is 13.1 Å². The van der Waals surface area contributed by atoms with Crippen molar-refractivity contribution in [1.29, 1.82) is 0 Å². The zero-order valence-electron chi connectivity index (χ0n) is 14.6. The van der Waals surface area contributed by atoms with Crippen molar-refractivity contribution in [1.82, 2.24) is 4.90 Å². The monoisotopic (exact) mass is 309 g/mol. The first kappa shape index (κ1) is 14.1. The number of piperidine rings is 2. The smallest absolute Gasteiger partial charge is 0.134 e. The van der Waals surface area contributed by atoms with Crippen LogP contribution in [0.3, 0.4) is 0 Å². The minimum absolute atomic E-state index is 0.637. The topological polar surface area (TPSA) is 16.4 Å². The van der Waals surface area contributed by atoms with Crippen LogP contribution in [-0.4, -0.2) is 24.0 Å². The minimum atomic E-state index is 0.637. The van der Waals surface area contributed by atoms with E-state index in [4.69, 9.17) is 4.42 Å². The fourth-order valence-electron chi connectivity index (χ4n) is 5.79. The van der Waals surface area contributed by atoms with Gasteiger partial charge in [-0.25, -0.2) is 0 Å². The standard InChI is InChI=1S/C21H27NO/c1-4-15-9-14-10-18-20(15)22(11-14)6-5-16-17-7-12(2)13(3)8-19(17)23-21(16)18/h7-8,14-15,18,20H,4-6,9-11H2,1-3H3. The Hall–Kier alpha value is -1.28. The predicted molar refractivity (Wildman–Crippen MR) is 94.0 cm³/mol. The van der Waals surface area contributed by atoms with E-state index in [-0.39, 0.29) is 0 Å². The molecule has 1 aromatic carbocycles. The van der Waals surface area contributed by atoms with E-state index in [2.05, 4.69) is 37.8 Å². The molecule has 4 aliphatic rings. The molecule has 23 heavy (non-hydrogen) atoms. The Morgan fingerprint density at radius 2 is 2.00 bits per heavy atom. The molecule has 3 fully saturated rings. The van der Waals surface area contributed by atoms with E-state index in [1.807, 2.05) is 0 Å². The van der Waals surface area contributed by atoms with Crippen molar-refractivity contribution < 1.29 is 4.42 Å². The lowest BCUT2D eigenvalue weighted by atomic mass is 9.65. The van der Waals surface area contributed by atoms with Crippen LogP contribution in [-0.2, 0) is 6.42 Å². The Kier molecular flexibility index (Phi) is 2.98. The Morgan fingerprint density at radius 3 is 2.83 bits per heavy atom. The van der Waals surface area contributed by atoms with Crippen LogP contribution in [0.2, 0.25) is 0 Å². The van der Waals surface area contributed by atoms with Crippen molar-refractivity contribution in [3.05, 3.63) is 34.6 Å². The Labute approximate surface area is 138 Å². The van der Waals surface area contributed by atoms with Crippen LogP contribution < -0.4 is 0 Å². The first-order valence-electron chi connectivity index (χ1n) is 9.42. The summed E-state index contributed by atoms with van der Waals surface area (Å²) in [6, 6.07) is 5.36. The Bertz CT molecular complexity index is 774. The molecule has 1 aliphatic carbocycles. The van der Waals surface area contributed by atoms with Crippen LogP contribution >= 0.6 is 0 Å². The van der Waals surface area contributed by atoms with Crippen molar-refractivity contribution >= 4 is 11.0 Å². The van der Waals surface area contributed by atoms with E-state index in [0.717, 1.165) is 23.5 Å². The van der Waals surface area contributed by atoms with Gasteiger partial charge >= 0.3 is 0 Å². The zero-order valence-corrected chi connectivity index (χ0v) is 14.6. The second-order valence-electron chi connectivity index (χ2n) is 8.23. The molecule has 122 valence electrons. The number of furan rings is 1. The lowest BCUT2D eigenvalue weighted by Gasteiger charge is -2.52. The molecule has 1 aromatic heterocycles. The highest BCUT2D eigenvalue weighted by molar-refractivity contribution is 5.84.